The highest BCUT2D eigenvalue weighted by Crippen LogP contribution is 2.39. The molecule has 2 aromatic rings. The Bertz CT molecular complexity index is 978. The van der Waals surface area contributed by atoms with Gasteiger partial charge in [0.1, 0.15) is 0 Å². The van der Waals surface area contributed by atoms with E-state index in [1.807, 2.05) is 20.8 Å². The molecule has 0 heterocycles. The Hall–Kier alpha value is -2.78. The van der Waals surface area contributed by atoms with Crippen molar-refractivity contribution in [2.45, 2.75) is 32.6 Å². The van der Waals surface area contributed by atoms with Gasteiger partial charge in [0.2, 0.25) is 15.8 Å². The van der Waals surface area contributed by atoms with E-state index in [4.69, 9.17) is 14.2 Å². The molecule has 0 aliphatic heterocycles. The Morgan fingerprint density at radius 3 is 2.00 bits per heavy atom. The molecule has 0 aliphatic rings. The predicted molar refractivity (Wildman–Crippen MR) is 115 cm³/mol. The summed E-state index contributed by atoms with van der Waals surface area (Å²) >= 11 is 0. The van der Waals surface area contributed by atoms with Gasteiger partial charge in [-0.2, -0.15) is 0 Å². The molecule has 2 aromatic carbocycles. The molecular formula is C21H28N2O6S. The number of nitrogens with one attached hydrogen (secondary N) is 2. The fourth-order valence-corrected chi connectivity index (χ4v) is 3.79. The third-order valence-electron chi connectivity index (χ3n) is 4.18. The number of ether oxygens (including phenoxy) is 3. The second-order valence-corrected chi connectivity index (χ2v) is 8.10. The van der Waals surface area contributed by atoms with Crippen molar-refractivity contribution in [1.29, 1.82) is 0 Å². The van der Waals surface area contributed by atoms with Crippen molar-refractivity contribution in [1.82, 2.24) is 4.72 Å². The molecule has 8 nitrogen and oxygen atoms in total. The molecule has 0 unspecified atom stereocenters. The fraction of sp³-hybridized carbons (Fsp3) is 0.381. The molecule has 0 fully saturated rings. The zero-order chi connectivity index (χ0) is 22.3. The number of carbonyl (C=O) groups excluding carboxylic acids is 1. The zero-order valence-electron chi connectivity index (χ0n) is 17.9. The molecule has 9 heteroatoms. The predicted octanol–water partition coefficient (Wildman–Crippen LogP) is 3.35. The first-order chi connectivity index (χ1) is 14.3. The molecule has 0 saturated carbocycles. The Kier molecular flexibility index (Phi) is 8.08. The lowest BCUT2D eigenvalue weighted by Crippen LogP contribution is -2.20. The highest BCUT2D eigenvalue weighted by Gasteiger charge is 2.20. The molecule has 0 saturated heterocycles. The minimum Gasteiger partial charge on any atom is -0.490 e. The van der Waals surface area contributed by atoms with Crippen LogP contribution in [0.5, 0.6) is 17.2 Å². The Balaban J connectivity index is 2.42. The van der Waals surface area contributed by atoms with Crippen LogP contribution in [0.15, 0.2) is 35.2 Å². The van der Waals surface area contributed by atoms with E-state index in [0.29, 0.717) is 53.9 Å². The average molecular weight is 437 g/mol. The third kappa shape index (κ3) is 5.43. The molecule has 0 aliphatic carbocycles. The van der Waals surface area contributed by atoms with Gasteiger partial charge in [-0.05, 0) is 64.6 Å². The van der Waals surface area contributed by atoms with Crippen molar-refractivity contribution in [2.24, 2.45) is 0 Å². The molecule has 30 heavy (non-hydrogen) atoms. The summed E-state index contributed by atoms with van der Waals surface area (Å²) in [7, 11) is -2.31. The summed E-state index contributed by atoms with van der Waals surface area (Å²) in [6.45, 7) is 8.39. The number of rotatable bonds is 10. The van der Waals surface area contributed by atoms with Gasteiger partial charge >= 0.3 is 0 Å². The van der Waals surface area contributed by atoms with Crippen LogP contribution in [0.25, 0.3) is 0 Å². The number of sulfonamides is 1. The summed E-state index contributed by atoms with van der Waals surface area (Å²) in [4.78, 5) is 13.0. The lowest BCUT2D eigenvalue weighted by Gasteiger charge is -2.17. The Morgan fingerprint density at radius 2 is 1.50 bits per heavy atom. The summed E-state index contributed by atoms with van der Waals surface area (Å²) in [5.74, 6) is 0.808. The third-order valence-corrected chi connectivity index (χ3v) is 5.73. The minimum atomic E-state index is -3.65. The van der Waals surface area contributed by atoms with Gasteiger partial charge in [-0.15, -0.1) is 0 Å². The molecule has 0 bridgehead atoms. The second kappa shape index (κ2) is 10.3. The largest absolute Gasteiger partial charge is 0.490 e. The van der Waals surface area contributed by atoms with Gasteiger partial charge in [0.05, 0.1) is 24.7 Å². The molecule has 0 atom stereocenters. The number of carbonyl (C=O) groups is 1. The van der Waals surface area contributed by atoms with Gasteiger partial charge in [-0.25, -0.2) is 13.1 Å². The van der Waals surface area contributed by atoms with Crippen molar-refractivity contribution in [2.75, 3.05) is 32.2 Å². The number of benzene rings is 2. The van der Waals surface area contributed by atoms with Crippen molar-refractivity contribution in [3.63, 3.8) is 0 Å². The zero-order valence-corrected chi connectivity index (χ0v) is 18.7. The standard InChI is InChI=1S/C21H28N2O6S/c1-6-27-17-11-15(12-18(28-7-2)20(17)29-8-3)21(24)23-16-10-9-14(4)19(13-16)30(25,26)22-5/h9-13,22H,6-8H2,1-5H3,(H,23,24). The van der Waals surface area contributed by atoms with Gasteiger partial charge < -0.3 is 19.5 Å². The van der Waals surface area contributed by atoms with Gasteiger partial charge in [-0.1, -0.05) is 6.07 Å². The lowest BCUT2D eigenvalue weighted by atomic mass is 10.1. The first kappa shape index (κ1) is 23.5. The highest BCUT2D eigenvalue weighted by atomic mass is 32.2. The van der Waals surface area contributed by atoms with E-state index in [1.54, 1.807) is 31.2 Å². The molecule has 0 radical (unpaired) electrons. The summed E-state index contributed by atoms with van der Waals surface area (Å²) in [5.41, 5.74) is 1.22. The van der Waals surface area contributed by atoms with Gasteiger partial charge in [0.25, 0.3) is 5.91 Å². The first-order valence-corrected chi connectivity index (χ1v) is 11.2. The van der Waals surface area contributed by atoms with E-state index in [-0.39, 0.29) is 4.90 Å². The van der Waals surface area contributed by atoms with Crippen molar-refractivity contribution in [3.05, 3.63) is 41.5 Å². The van der Waals surface area contributed by atoms with Crippen LogP contribution in [-0.4, -0.2) is 41.2 Å². The number of hydrogen-bond acceptors (Lipinski definition) is 6. The highest BCUT2D eigenvalue weighted by molar-refractivity contribution is 7.89. The average Bonchev–Trinajstić information content (AvgIpc) is 2.71. The van der Waals surface area contributed by atoms with Gasteiger partial charge in [0.15, 0.2) is 11.5 Å². The molecule has 0 aromatic heterocycles. The summed E-state index contributed by atoms with van der Waals surface area (Å²) in [6, 6.07) is 7.84. The molecule has 1 amide bonds. The monoisotopic (exact) mass is 436 g/mol. The van der Waals surface area contributed by atoms with E-state index in [2.05, 4.69) is 10.0 Å². The van der Waals surface area contributed by atoms with E-state index < -0.39 is 15.9 Å². The first-order valence-electron chi connectivity index (χ1n) is 9.69. The number of anilines is 1. The van der Waals surface area contributed by atoms with E-state index >= 15 is 0 Å². The van der Waals surface area contributed by atoms with Gasteiger partial charge in [0, 0.05) is 11.3 Å². The van der Waals surface area contributed by atoms with Crippen LogP contribution in [-0.2, 0) is 10.0 Å². The summed E-state index contributed by atoms with van der Waals surface area (Å²) in [6.07, 6.45) is 0. The topological polar surface area (TPSA) is 103 Å². The number of aryl methyl sites for hydroxylation is 1. The minimum absolute atomic E-state index is 0.0968. The van der Waals surface area contributed by atoms with E-state index in [9.17, 15) is 13.2 Å². The number of hydrogen-bond donors (Lipinski definition) is 2. The quantitative estimate of drug-likeness (QED) is 0.592. The second-order valence-electron chi connectivity index (χ2n) is 6.24. The number of amides is 1. The van der Waals surface area contributed by atoms with Crippen LogP contribution in [0, 0.1) is 6.92 Å². The SMILES string of the molecule is CCOc1cc(C(=O)Nc2ccc(C)c(S(=O)(=O)NC)c2)cc(OCC)c1OCC. The normalized spacial score (nSPS) is 11.1. The Morgan fingerprint density at radius 1 is 0.933 bits per heavy atom. The molecule has 2 N–H and O–H groups in total. The Labute approximate surface area is 177 Å². The molecular weight excluding hydrogens is 408 g/mol. The maximum Gasteiger partial charge on any atom is 0.255 e. The maximum absolute atomic E-state index is 12.9. The van der Waals surface area contributed by atoms with E-state index in [1.165, 1.54) is 13.1 Å². The van der Waals surface area contributed by atoms with E-state index in [0.717, 1.165) is 0 Å². The van der Waals surface area contributed by atoms with Crippen LogP contribution in [0.1, 0.15) is 36.7 Å². The van der Waals surface area contributed by atoms with Crippen molar-refractivity contribution < 1.29 is 27.4 Å². The van der Waals surface area contributed by atoms with Crippen LogP contribution >= 0.6 is 0 Å². The van der Waals surface area contributed by atoms with Crippen LogP contribution in [0.2, 0.25) is 0 Å². The summed E-state index contributed by atoms with van der Waals surface area (Å²) < 4.78 is 43.6. The smallest absolute Gasteiger partial charge is 0.255 e. The molecule has 2 rings (SSSR count). The van der Waals surface area contributed by atoms with Crippen LogP contribution < -0.4 is 24.2 Å². The molecule has 164 valence electrons. The van der Waals surface area contributed by atoms with Crippen LogP contribution in [0.4, 0.5) is 5.69 Å². The lowest BCUT2D eigenvalue weighted by molar-refractivity contribution is 0.102. The fourth-order valence-electron chi connectivity index (χ4n) is 2.80. The summed E-state index contributed by atoms with van der Waals surface area (Å²) in [5, 5.41) is 2.73. The van der Waals surface area contributed by atoms with Gasteiger partial charge in [-0.3, -0.25) is 4.79 Å². The van der Waals surface area contributed by atoms with Crippen molar-refractivity contribution >= 4 is 21.6 Å². The maximum atomic E-state index is 12.9. The molecule has 0 spiro atoms. The van der Waals surface area contributed by atoms with Crippen LogP contribution in [0.3, 0.4) is 0 Å². The van der Waals surface area contributed by atoms with Crippen molar-refractivity contribution in [3.8, 4) is 17.2 Å².